The van der Waals surface area contributed by atoms with Gasteiger partial charge in [0.05, 0.1) is 0 Å². The molecule has 0 unspecified atom stereocenters. The van der Waals surface area contributed by atoms with Crippen LogP contribution in [0.4, 0.5) is 0 Å². The molecule has 0 N–H and O–H groups in total. The average Bonchev–Trinajstić information content (AvgIpc) is 2.88. The van der Waals surface area contributed by atoms with Crippen molar-refractivity contribution in [2.24, 2.45) is 0 Å². The second-order valence-electron chi connectivity index (χ2n) is 6.93. The Morgan fingerprint density at radius 1 is 0.500 bits per heavy atom. The maximum atomic E-state index is 10.6. The van der Waals surface area contributed by atoms with Crippen molar-refractivity contribution in [3.8, 4) is 11.5 Å². The van der Waals surface area contributed by atoms with E-state index in [-0.39, 0.29) is 0 Å². The topological polar surface area (TPSA) is 52.6 Å². The molecule has 0 aliphatic rings. The number of hydrogen-bond acceptors (Lipinski definition) is 4. The monoisotopic (exact) mass is 424 g/mol. The lowest BCUT2D eigenvalue weighted by molar-refractivity contribution is 0.111. The van der Waals surface area contributed by atoms with E-state index < -0.39 is 0 Å². The van der Waals surface area contributed by atoms with E-state index in [0.717, 1.165) is 23.7 Å². The summed E-state index contributed by atoms with van der Waals surface area (Å²) in [7, 11) is 0. The Hall–Kier alpha value is -4.18. The molecule has 0 fully saturated rings. The maximum Gasteiger partial charge on any atom is 0.150 e. The summed E-state index contributed by atoms with van der Waals surface area (Å²) in [6.07, 6.45) is 1.63. The Balaban J connectivity index is 0.000000181. The third-order valence-corrected chi connectivity index (χ3v) is 4.49. The molecule has 0 atom stereocenters. The van der Waals surface area contributed by atoms with Crippen LogP contribution in [0.1, 0.15) is 31.8 Å². The number of carbonyl (C=O) groups excluding carboxylic acids is 2. The van der Waals surface area contributed by atoms with Gasteiger partial charge in [0.25, 0.3) is 0 Å². The number of aldehydes is 2. The summed E-state index contributed by atoms with van der Waals surface area (Å²) < 4.78 is 11.2. The predicted molar refractivity (Wildman–Crippen MR) is 125 cm³/mol. The molecule has 4 aromatic carbocycles. The van der Waals surface area contributed by atoms with Gasteiger partial charge in [-0.2, -0.15) is 0 Å². The lowest BCUT2D eigenvalue weighted by Crippen LogP contribution is -1.95. The van der Waals surface area contributed by atoms with Gasteiger partial charge in [0.1, 0.15) is 37.3 Å². The fourth-order valence-electron chi connectivity index (χ4n) is 2.84. The summed E-state index contributed by atoms with van der Waals surface area (Å²) in [4.78, 5) is 21.2. The summed E-state index contributed by atoms with van der Waals surface area (Å²) in [5, 5.41) is 0. The zero-order chi connectivity index (χ0) is 22.4. The molecule has 4 nitrogen and oxygen atoms in total. The molecule has 0 aromatic heterocycles. The van der Waals surface area contributed by atoms with E-state index >= 15 is 0 Å². The van der Waals surface area contributed by atoms with Crippen molar-refractivity contribution in [2.45, 2.75) is 13.2 Å². The van der Waals surface area contributed by atoms with Crippen molar-refractivity contribution in [3.63, 3.8) is 0 Å². The van der Waals surface area contributed by atoms with Crippen LogP contribution in [0.3, 0.4) is 0 Å². The molecule has 0 radical (unpaired) electrons. The minimum absolute atomic E-state index is 0.517. The first kappa shape index (κ1) is 22.5. The van der Waals surface area contributed by atoms with Crippen LogP contribution in [0, 0.1) is 0 Å². The van der Waals surface area contributed by atoms with Gasteiger partial charge < -0.3 is 9.47 Å². The fourth-order valence-corrected chi connectivity index (χ4v) is 2.84. The van der Waals surface area contributed by atoms with Crippen molar-refractivity contribution >= 4 is 12.6 Å². The first-order chi connectivity index (χ1) is 15.8. The molecule has 0 saturated carbocycles. The number of rotatable bonds is 8. The minimum Gasteiger partial charge on any atom is -0.489 e. The van der Waals surface area contributed by atoms with Gasteiger partial charge in [0.2, 0.25) is 0 Å². The third-order valence-electron chi connectivity index (χ3n) is 4.49. The highest BCUT2D eigenvalue weighted by atomic mass is 16.5. The Morgan fingerprint density at radius 3 is 1.28 bits per heavy atom. The van der Waals surface area contributed by atoms with E-state index in [1.807, 2.05) is 84.9 Å². The molecule has 32 heavy (non-hydrogen) atoms. The molecule has 0 bridgehead atoms. The molecule has 0 spiro atoms. The van der Waals surface area contributed by atoms with E-state index in [1.165, 1.54) is 0 Å². The largest absolute Gasteiger partial charge is 0.489 e. The van der Waals surface area contributed by atoms with Crippen molar-refractivity contribution < 1.29 is 19.1 Å². The third kappa shape index (κ3) is 7.58. The van der Waals surface area contributed by atoms with Gasteiger partial charge in [-0.05, 0) is 35.4 Å². The van der Waals surface area contributed by atoms with Crippen molar-refractivity contribution in [1.82, 2.24) is 0 Å². The Morgan fingerprint density at radius 2 is 0.906 bits per heavy atom. The van der Waals surface area contributed by atoms with Crippen LogP contribution in [0.25, 0.3) is 0 Å². The standard InChI is InChI=1S/2C14H12O2/c2*15-10-13-7-4-8-14(9-13)16-11-12-5-2-1-3-6-12/h2*1-10H,11H2. The molecule has 0 heterocycles. The molecule has 4 heteroatoms. The van der Waals surface area contributed by atoms with E-state index in [9.17, 15) is 9.59 Å². The zero-order valence-corrected chi connectivity index (χ0v) is 17.6. The van der Waals surface area contributed by atoms with Crippen LogP contribution in [0.2, 0.25) is 0 Å². The molecule has 0 saturated heterocycles. The fraction of sp³-hybridized carbons (Fsp3) is 0.0714. The van der Waals surface area contributed by atoms with Crippen LogP contribution < -0.4 is 9.47 Å². The molecular formula is C28H24O4. The van der Waals surface area contributed by atoms with Crippen LogP contribution in [0.15, 0.2) is 109 Å². The van der Waals surface area contributed by atoms with Gasteiger partial charge in [-0.15, -0.1) is 0 Å². The number of carbonyl (C=O) groups is 2. The lowest BCUT2D eigenvalue weighted by Gasteiger charge is -2.06. The highest BCUT2D eigenvalue weighted by molar-refractivity contribution is 5.75. The summed E-state index contributed by atoms with van der Waals surface area (Å²) >= 11 is 0. The predicted octanol–water partition coefficient (Wildman–Crippen LogP) is 6.16. The molecule has 0 amide bonds. The SMILES string of the molecule is O=Cc1cccc(OCc2ccccc2)c1.O=Cc1cccc(OCc2ccccc2)c1. The summed E-state index contributed by atoms with van der Waals surface area (Å²) in [6.45, 7) is 1.03. The van der Waals surface area contributed by atoms with E-state index in [0.29, 0.717) is 35.8 Å². The lowest BCUT2D eigenvalue weighted by atomic mass is 10.2. The maximum absolute atomic E-state index is 10.6. The minimum atomic E-state index is 0.517. The zero-order valence-electron chi connectivity index (χ0n) is 17.6. The van der Waals surface area contributed by atoms with Crippen molar-refractivity contribution in [1.29, 1.82) is 0 Å². The van der Waals surface area contributed by atoms with Crippen LogP contribution >= 0.6 is 0 Å². The van der Waals surface area contributed by atoms with Gasteiger partial charge in [-0.25, -0.2) is 0 Å². The van der Waals surface area contributed by atoms with Crippen LogP contribution in [-0.2, 0) is 13.2 Å². The normalized spacial score (nSPS) is 9.75. The number of benzene rings is 4. The van der Waals surface area contributed by atoms with Crippen molar-refractivity contribution in [3.05, 3.63) is 131 Å². The molecule has 4 aromatic rings. The number of hydrogen-bond donors (Lipinski definition) is 0. The molecule has 4 rings (SSSR count). The molecule has 160 valence electrons. The van der Waals surface area contributed by atoms with Crippen molar-refractivity contribution in [2.75, 3.05) is 0 Å². The van der Waals surface area contributed by atoms with Gasteiger partial charge >= 0.3 is 0 Å². The van der Waals surface area contributed by atoms with Gasteiger partial charge in [-0.3, -0.25) is 9.59 Å². The molecule has 0 aliphatic heterocycles. The Labute approximate surface area is 188 Å². The van der Waals surface area contributed by atoms with E-state index in [4.69, 9.17) is 9.47 Å². The first-order valence-electron chi connectivity index (χ1n) is 10.2. The molecular weight excluding hydrogens is 400 g/mol. The highest BCUT2D eigenvalue weighted by Crippen LogP contribution is 2.15. The first-order valence-corrected chi connectivity index (χ1v) is 10.2. The smallest absolute Gasteiger partial charge is 0.150 e. The van der Waals surface area contributed by atoms with Gasteiger partial charge in [0, 0.05) is 11.1 Å². The summed E-state index contributed by atoms with van der Waals surface area (Å²) in [6, 6.07) is 34.1. The summed E-state index contributed by atoms with van der Waals surface area (Å²) in [5.74, 6) is 1.43. The van der Waals surface area contributed by atoms with Crippen LogP contribution in [0.5, 0.6) is 11.5 Å². The Bertz CT molecular complexity index is 1020. The quantitative estimate of drug-likeness (QED) is 0.318. The molecule has 0 aliphatic carbocycles. The number of ether oxygens (including phenoxy) is 2. The highest BCUT2D eigenvalue weighted by Gasteiger charge is 1.98. The Kier molecular flexibility index (Phi) is 8.79. The second-order valence-corrected chi connectivity index (χ2v) is 6.93. The van der Waals surface area contributed by atoms with Crippen LogP contribution in [-0.4, -0.2) is 12.6 Å². The van der Waals surface area contributed by atoms with E-state index in [2.05, 4.69) is 0 Å². The second kappa shape index (κ2) is 12.5. The van der Waals surface area contributed by atoms with Gasteiger partial charge in [0.15, 0.2) is 0 Å². The van der Waals surface area contributed by atoms with E-state index in [1.54, 1.807) is 24.3 Å². The average molecular weight is 424 g/mol. The summed E-state index contributed by atoms with van der Waals surface area (Å²) in [5.41, 5.74) is 3.48. The van der Waals surface area contributed by atoms with Gasteiger partial charge in [-0.1, -0.05) is 84.9 Å².